The summed E-state index contributed by atoms with van der Waals surface area (Å²) in [5.74, 6) is 2.19. The van der Waals surface area contributed by atoms with Crippen LogP contribution >= 0.6 is 22.6 Å². The lowest BCUT2D eigenvalue weighted by Crippen LogP contribution is -2.11. The number of rotatable bonds is 3. The zero-order valence-corrected chi connectivity index (χ0v) is 10.9. The number of benzene rings is 1. The Bertz CT molecular complexity index is 470. The molecule has 0 heterocycles. The van der Waals surface area contributed by atoms with Gasteiger partial charge in [-0.05, 0) is 41.6 Å². The molecular formula is C10H9IO3S. The summed E-state index contributed by atoms with van der Waals surface area (Å²) < 4.78 is 27.1. The van der Waals surface area contributed by atoms with E-state index in [2.05, 4.69) is 5.92 Å². The summed E-state index contributed by atoms with van der Waals surface area (Å²) in [6, 6.07) is 6.39. The van der Waals surface area contributed by atoms with E-state index in [1.807, 2.05) is 6.92 Å². The summed E-state index contributed by atoms with van der Waals surface area (Å²) in [5.41, 5.74) is 0.983. The number of alkyl halides is 1. The zero-order chi connectivity index (χ0) is 11.5. The van der Waals surface area contributed by atoms with Gasteiger partial charge in [-0.25, -0.2) is 4.18 Å². The van der Waals surface area contributed by atoms with Crippen LogP contribution in [0.1, 0.15) is 5.56 Å². The first-order chi connectivity index (χ1) is 6.95. The highest BCUT2D eigenvalue weighted by atomic mass is 127. The maximum Gasteiger partial charge on any atom is 0.298 e. The van der Waals surface area contributed by atoms with Gasteiger partial charge in [-0.1, -0.05) is 23.6 Å². The lowest BCUT2D eigenvalue weighted by molar-refractivity contribution is 0.350. The van der Waals surface area contributed by atoms with Crippen LogP contribution < -0.4 is 0 Å². The monoisotopic (exact) mass is 336 g/mol. The van der Waals surface area contributed by atoms with Crippen molar-refractivity contribution in [3.8, 4) is 12.3 Å². The van der Waals surface area contributed by atoms with Crippen LogP contribution in [-0.2, 0) is 14.3 Å². The summed E-state index contributed by atoms with van der Waals surface area (Å²) in [7, 11) is -3.74. The Morgan fingerprint density at radius 3 is 2.40 bits per heavy atom. The van der Waals surface area contributed by atoms with Crippen LogP contribution in [-0.4, -0.2) is 12.5 Å². The molecule has 0 saturated heterocycles. The molecule has 1 aromatic carbocycles. The van der Waals surface area contributed by atoms with Gasteiger partial charge in [-0.15, -0.1) is 6.42 Å². The molecule has 1 atom stereocenters. The van der Waals surface area contributed by atoms with Crippen molar-refractivity contribution in [2.75, 3.05) is 0 Å². The van der Waals surface area contributed by atoms with E-state index in [9.17, 15) is 8.42 Å². The predicted octanol–water partition coefficient (Wildman–Crippen LogP) is 2.09. The Morgan fingerprint density at radius 1 is 1.40 bits per heavy atom. The second-order valence-corrected chi connectivity index (χ2v) is 5.55. The number of hydrogen-bond donors (Lipinski definition) is 0. The standard InChI is InChI=1S/C10H9IO3S/c1-3-10(11)14-15(12,13)9-6-4-8(2)5-7-9/h1,4-7,10H,2H3. The van der Waals surface area contributed by atoms with Gasteiger partial charge < -0.3 is 0 Å². The minimum Gasteiger partial charge on any atom is -0.239 e. The average molecular weight is 336 g/mol. The maximum absolute atomic E-state index is 11.6. The first-order valence-corrected chi connectivity index (χ1v) is 6.71. The minimum atomic E-state index is -3.74. The van der Waals surface area contributed by atoms with Crippen LogP contribution in [0.25, 0.3) is 0 Å². The van der Waals surface area contributed by atoms with Crippen molar-refractivity contribution in [2.45, 2.75) is 15.9 Å². The molecular weight excluding hydrogens is 327 g/mol. The van der Waals surface area contributed by atoms with Crippen LogP contribution in [0.3, 0.4) is 0 Å². The van der Waals surface area contributed by atoms with Gasteiger partial charge in [0.15, 0.2) is 4.11 Å². The predicted molar refractivity (Wildman–Crippen MR) is 66.1 cm³/mol. The topological polar surface area (TPSA) is 43.4 Å². The van der Waals surface area contributed by atoms with Crippen molar-refractivity contribution in [3.05, 3.63) is 29.8 Å². The molecule has 0 bridgehead atoms. The Hall–Kier alpha value is -0.580. The van der Waals surface area contributed by atoms with E-state index in [0.29, 0.717) is 0 Å². The van der Waals surface area contributed by atoms with E-state index in [4.69, 9.17) is 10.6 Å². The molecule has 1 rings (SSSR count). The SMILES string of the molecule is C#CC(I)OS(=O)(=O)c1ccc(C)cc1. The molecule has 3 nitrogen and oxygen atoms in total. The number of hydrogen-bond acceptors (Lipinski definition) is 3. The van der Waals surface area contributed by atoms with E-state index in [0.717, 1.165) is 5.56 Å². The molecule has 1 aromatic rings. The Labute approximate surface area is 103 Å². The van der Waals surface area contributed by atoms with Gasteiger partial charge in [0.05, 0.1) is 4.90 Å². The molecule has 0 aromatic heterocycles. The average Bonchev–Trinajstić information content (AvgIpc) is 2.17. The van der Waals surface area contributed by atoms with E-state index in [1.165, 1.54) is 12.1 Å². The summed E-state index contributed by atoms with van der Waals surface area (Å²) in [5, 5.41) is 0. The quantitative estimate of drug-likeness (QED) is 0.367. The number of aryl methyl sites for hydroxylation is 1. The smallest absolute Gasteiger partial charge is 0.239 e. The van der Waals surface area contributed by atoms with Crippen molar-refractivity contribution in [2.24, 2.45) is 0 Å². The fraction of sp³-hybridized carbons (Fsp3) is 0.200. The lowest BCUT2D eigenvalue weighted by atomic mass is 10.2. The maximum atomic E-state index is 11.6. The first-order valence-electron chi connectivity index (χ1n) is 4.06. The normalized spacial score (nSPS) is 13.1. The van der Waals surface area contributed by atoms with Crippen LogP contribution in [0, 0.1) is 19.3 Å². The van der Waals surface area contributed by atoms with Crippen LogP contribution in [0.5, 0.6) is 0 Å². The third-order valence-electron chi connectivity index (χ3n) is 1.65. The van der Waals surface area contributed by atoms with Crippen LogP contribution in [0.2, 0.25) is 0 Å². The Kier molecular flexibility index (Phi) is 4.13. The first kappa shape index (κ1) is 12.5. The molecule has 1 unspecified atom stereocenters. The van der Waals surface area contributed by atoms with Crippen LogP contribution in [0.4, 0.5) is 0 Å². The van der Waals surface area contributed by atoms with E-state index in [-0.39, 0.29) is 4.90 Å². The third kappa shape index (κ3) is 3.48. The van der Waals surface area contributed by atoms with Crippen molar-refractivity contribution < 1.29 is 12.6 Å². The van der Waals surface area contributed by atoms with Crippen molar-refractivity contribution in [3.63, 3.8) is 0 Å². The van der Waals surface area contributed by atoms with Gasteiger partial charge in [0.25, 0.3) is 10.1 Å². The zero-order valence-electron chi connectivity index (χ0n) is 7.98. The molecule has 5 heteroatoms. The molecule has 0 aliphatic rings. The fourth-order valence-corrected chi connectivity index (χ4v) is 2.58. The molecule has 0 spiro atoms. The fourth-order valence-electron chi connectivity index (χ4n) is 0.899. The number of halogens is 1. The largest absolute Gasteiger partial charge is 0.298 e. The van der Waals surface area contributed by atoms with Gasteiger partial charge in [0.1, 0.15) is 0 Å². The van der Waals surface area contributed by atoms with Gasteiger partial charge in [-0.3, -0.25) is 0 Å². The van der Waals surface area contributed by atoms with E-state index < -0.39 is 14.2 Å². The third-order valence-corrected chi connectivity index (χ3v) is 3.91. The second kappa shape index (κ2) is 4.96. The minimum absolute atomic E-state index is 0.116. The van der Waals surface area contributed by atoms with Crippen molar-refractivity contribution >= 4 is 32.7 Å². The summed E-state index contributed by atoms with van der Waals surface area (Å²) in [6.07, 6.45) is 5.03. The van der Waals surface area contributed by atoms with Gasteiger partial charge >= 0.3 is 0 Å². The van der Waals surface area contributed by atoms with E-state index in [1.54, 1.807) is 34.7 Å². The van der Waals surface area contributed by atoms with Crippen molar-refractivity contribution in [1.29, 1.82) is 0 Å². The van der Waals surface area contributed by atoms with Gasteiger partial charge in [0, 0.05) is 0 Å². The summed E-state index contributed by atoms with van der Waals surface area (Å²) in [4.78, 5) is 0.116. The van der Waals surface area contributed by atoms with Crippen LogP contribution in [0.15, 0.2) is 29.2 Å². The van der Waals surface area contributed by atoms with E-state index >= 15 is 0 Å². The molecule has 0 amide bonds. The second-order valence-electron chi connectivity index (χ2n) is 2.85. The highest BCUT2D eigenvalue weighted by molar-refractivity contribution is 14.1. The molecule has 15 heavy (non-hydrogen) atoms. The Balaban J connectivity index is 2.98. The molecule has 0 saturated carbocycles. The summed E-state index contributed by atoms with van der Waals surface area (Å²) in [6.45, 7) is 1.87. The molecule has 80 valence electrons. The molecule has 0 N–H and O–H groups in total. The molecule has 0 aliphatic carbocycles. The van der Waals surface area contributed by atoms with Crippen molar-refractivity contribution in [1.82, 2.24) is 0 Å². The highest BCUT2D eigenvalue weighted by Gasteiger charge is 2.18. The Morgan fingerprint density at radius 2 is 1.93 bits per heavy atom. The summed E-state index contributed by atoms with van der Waals surface area (Å²) >= 11 is 1.73. The van der Waals surface area contributed by atoms with Gasteiger partial charge in [-0.2, -0.15) is 8.42 Å². The molecule has 0 fully saturated rings. The van der Waals surface area contributed by atoms with Gasteiger partial charge in [0.2, 0.25) is 0 Å². The lowest BCUT2D eigenvalue weighted by Gasteiger charge is -2.06. The molecule has 0 radical (unpaired) electrons. The highest BCUT2D eigenvalue weighted by Crippen LogP contribution is 2.16. The molecule has 0 aliphatic heterocycles. The number of terminal acetylenes is 1.